The monoisotopic (exact) mass is 328 g/mol. The number of unbranched alkanes of at least 4 members (excludes halogenated alkanes) is 2. The molecule has 1 fully saturated rings. The van der Waals surface area contributed by atoms with Gasteiger partial charge in [-0.05, 0) is 31.4 Å². The van der Waals surface area contributed by atoms with Crippen LogP contribution in [-0.4, -0.2) is 31.1 Å². The molecule has 1 atom stereocenters. The predicted molar refractivity (Wildman–Crippen MR) is 87.2 cm³/mol. The van der Waals surface area contributed by atoms with Gasteiger partial charge in [0, 0.05) is 42.8 Å². The number of hydrogen-bond donors (Lipinski definition) is 1. The van der Waals surface area contributed by atoms with E-state index in [9.17, 15) is 8.78 Å². The SMILES string of the molecule is C=CCCCC[C@H](c1c(F)cc(Cl)cc1F)N1CCNCC1. The van der Waals surface area contributed by atoms with Gasteiger partial charge >= 0.3 is 0 Å². The number of halogens is 3. The summed E-state index contributed by atoms with van der Waals surface area (Å²) in [5.41, 5.74) is 0.157. The molecule has 0 spiro atoms. The van der Waals surface area contributed by atoms with Crippen LogP contribution in [0.2, 0.25) is 5.02 Å². The first-order valence-corrected chi connectivity index (χ1v) is 8.21. The summed E-state index contributed by atoms with van der Waals surface area (Å²) in [5.74, 6) is -1.09. The van der Waals surface area contributed by atoms with Crippen molar-refractivity contribution in [2.24, 2.45) is 0 Å². The molecule has 1 aromatic carbocycles. The van der Waals surface area contributed by atoms with Gasteiger partial charge in [0.05, 0.1) is 0 Å². The van der Waals surface area contributed by atoms with Gasteiger partial charge < -0.3 is 5.32 Å². The molecule has 1 aliphatic heterocycles. The average Bonchev–Trinajstić information content (AvgIpc) is 2.49. The summed E-state index contributed by atoms with van der Waals surface area (Å²) in [6, 6.07) is 2.18. The minimum absolute atomic E-state index is 0.101. The van der Waals surface area contributed by atoms with Crippen LogP contribution in [0, 0.1) is 11.6 Å². The molecule has 1 aliphatic rings. The standard InChI is InChI=1S/C17H23ClF2N2/c1-2-3-4-5-6-16(22-9-7-21-8-10-22)17-14(19)11-13(18)12-15(17)20/h2,11-12,16,21H,1,3-10H2/t16-/m1/s1. The zero-order valence-corrected chi connectivity index (χ0v) is 13.5. The lowest BCUT2D eigenvalue weighted by atomic mass is 9.97. The quantitative estimate of drug-likeness (QED) is 0.592. The summed E-state index contributed by atoms with van der Waals surface area (Å²) in [6.07, 6.45) is 5.46. The van der Waals surface area contributed by atoms with Gasteiger partial charge in [-0.15, -0.1) is 6.58 Å². The highest BCUT2D eigenvalue weighted by Crippen LogP contribution is 2.32. The number of benzene rings is 1. The summed E-state index contributed by atoms with van der Waals surface area (Å²) < 4.78 is 28.6. The molecule has 1 aromatic rings. The van der Waals surface area contributed by atoms with Crippen LogP contribution in [0.3, 0.4) is 0 Å². The van der Waals surface area contributed by atoms with E-state index in [1.807, 2.05) is 6.08 Å². The Morgan fingerprint density at radius 2 is 1.86 bits per heavy atom. The highest BCUT2D eigenvalue weighted by molar-refractivity contribution is 6.30. The summed E-state index contributed by atoms with van der Waals surface area (Å²) in [4.78, 5) is 2.17. The molecule has 0 radical (unpaired) electrons. The largest absolute Gasteiger partial charge is 0.314 e. The molecule has 1 N–H and O–H groups in total. The molecule has 22 heavy (non-hydrogen) atoms. The van der Waals surface area contributed by atoms with E-state index in [0.29, 0.717) is 0 Å². The molecule has 0 aliphatic carbocycles. The Morgan fingerprint density at radius 1 is 1.23 bits per heavy atom. The van der Waals surface area contributed by atoms with Gasteiger partial charge in [-0.2, -0.15) is 0 Å². The van der Waals surface area contributed by atoms with Crippen LogP contribution >= 0.6 is 11.6 Å². The summed E-state index contributed by atoms with van der Waals surface area (Å²) >= 11 is 5.74. The minimum Gasteiger partial charge on any atom is -0.314 e. The fourth-order valence-electron chi connectivity index (χ4n) is 3.00. The molecule has 2 rings (SSSR count). The van der Waals surface area contributed by atoms with Gasteiger partial charge in [-0.1, -0.05) is 24.1 Å². The lowest BCUT2D eigenvalue weighted by Crippen LogP contribution is -2.45. The molecule has 2 nitrogen and oxygen atoms in total. The normalized spacial score (nSPS) is 17.4. The molecular weight excluding hydrogens is 306 g/mol. The molecular formula is C17H23ClF2N2. The topological polar surface area (TPSA) is 15.3 Å². The van der Waals surface area contributed by atoms with Crippen molar-refractivity contribution in [3.8, 4) is 0 Å². The van der Waals surface area contributed by atoms with Gasteiger partial charge in [0.2, 0.25) is 0 Å². The molecule has 0 unspecified atom stereocenters. The van der Waals surface area contributed by atoms with Crippen molar-refractivity contribution in [2.45, 2.75) is 31.7 Å². The fraction of sp³-hybridized carbons (Fsp3) is 0.529. The van der Waals surface area contributed by atoms with Crippen LogP contribution in [0.1, 0.15) is 37.3 Å². The summed E-state index contributed by atoms with van der Waals surface area (Å²) in [6.45, 7) is 7.00. The van der Waals surface area contributed by atoms with E-state index < -0.39 is 11.6 Å². The molecule has 0 saturated carbocycles. The van der Waals surface area contributed by atoms with Gasteiger partial charge in [-0.3, -0.25) is 4.90 Å². The number of rotatable bonds is 7. The third-order valence-corrected chi connectivity index (χ3v) is 4.32. The molecule has 1 heterocycles. The Bertz CT molecular complexity index is 478. The number of hydrogen-bond acceptors (Lipinski definition) is 2. The maximum absolute atomic E-state index is 14.3. The van der Waals surface area contributed by atoms with Crippen LogP contribution < -0.4 is 5.32 Å². The van der Waals surface area contributed by atoms with E-state index in [2.05, 4.69) is 16.8 Å². The van der Waals surface area contributed by atoms with E-state index in [1.165, 1.54) is 12.1 Å². The van der Waals surface area contributed by atoms with Crippen molar-refractivity contribution >= 4 is 11.6 Å². The number of nitrogens with zero attached hydrogens (tertiary/aromatic N) is 1. The Kier molecular flexibility index (Phi) is 6.80. The van der Waals surface area contributed by atoms with Gasteiger partial charge in [0.25, 0.3) is 0 Å². The van der Waals surface area contributed by atoms with Gasteiger partial charge in [-0.25, -0.2) is 8.78 Å². The minimum atomic E-state index is -0.544. The Hall–Kier alpha value is -0.970. The number of nitrogens with one attached hydrogen (secondary N) is 1. The second-order valence-electron chi connectivity index (χ2n) is 5.66. The van der Waals surface area contributed by atoms with E-state index in [-0.39, 0.29) is 16.6 Å². The Balaban J connectivity index is 2.20. The molecule has 0 aromatic heterocycles. The third kappa shape index (κ3) is 4.51. The van der Waals surface area contributed by atoms with Crippen LogP contribution in [0.5, 0.6) is 0 Å². The zero-order valence-electron chi connectivity index (χ0n) is 12.8. The molecule has 122 valence electrons. The first-order valence-electron chi connectivity index (χ1n) is 7.83. The maximum Gasteiger partial charge on any atom is 0.132 e. The van der Waals surface area contributed by atoms with Crippen LogP contribution in [0.25, 0.3) is 0 Å². The maximum atomic E-state index is 14.3. The fourth-order valence-corrected chi connectivity index (χ4v) is 3.19. The highest BCUT2D eigenvalue weighted by atomic mass is 35.5. The smallest absolute Gasteiger partial charge is 0.132 e. The first-order chi connectivity index (χ1) is 10.6. The highest BCUT2D eigenvalue weighted by Gasteiger charge is 2.27. The summed E-state index contributed by atoms with van der Waals surface area (Å²) in [5, 5.41) is 3.37. The van der Waals surface area contributed by atoms with Crippen molar-refractivity contribution in [1.29, 1.82) is 0 Å². The summed E-state index contributed by atoms with van der Waals surface area (Å²) in [7, 11) is 0. The lowest BCUT2D eigenvalue weighted by Gasteiger charge is -2.35. The van der Waals surface area contributed by atoms with E-state index in [4.69, 9.17) is 11.6 Å². The van der Waals surface area contributed by atoms with E-state index in [0.717, 1.165) is 51.9 Å². The molecule has 0 bridgehead atoms. The zero-order chi connectivity index (χ0) is 15.9. The Morgan fingerprint density at radius 3 is 2.45 bits per heavy atom. The molecule has 0 amide bonds. The van der Waals surface area contributed by atoms with Crippen molar-refractivity contribution < 1.29 is 8.78 Å². The molecule has 1 saturated heterocycles. The second-order valence-corrected chi connectivity index (χ2v) is 6.09. The Labute approximate surface area is 136 Å². The third-order valence-electron chi connectivity index (χ3n) is 4.11. The van der Waals surface area contributed by atoms with Crippen molar-refractivity contribution in [2.75, 3.05) is 26.2 Å². The van der Waals surface area contributed by atoms with Crippen LogP contribution in [-0.2, 0) is 0 Å². The first kappa shape index (κ1) is 17.4. The van der Waals surface area contributed by atoms with Gasteiger partial charge in [0.15, 0.2) is 0 Å². The predicted octanol–water partition coefficient (Wildman–Crippen LogP) is 4.31. The van der Waals surface area contributed by atoms with Crippen LogP contribution in [0.15, 0.2) is 24.8 Å². The van der Waals surface area contributed by atoms with Crippen LogP contribution in [0.4, 0.5) is 8.78 Å². The van der Waals surface area contributed by atoms with E-state index >= 15 is 0 Å². The second kappa shape index (κ2) is 8.61. The van der Waals surface area contributed by atoms with Crippen molar-refractivity contribution in [1.82, 2.24) is 10.2 Å². The average molecular weight is 329 g/mol. The van der Waals surface area contributed by atoms with E-state index in [1.54, 1.807) is 0 Å². The van der Waals surface area contributed by atoms with Crippen molar-refractivity contribution in [3.63, 3.8) is 0 Å². The van der Waals surface area contributed by atoms with Crippen molar-refractivity contribution in [3.05, 3.63) is 47.0 Å². The van der Waals surface area contributed by atoms with Gasteiger partial charge in [0.1, 0.15) is 11.6 Å². The lowest BCUT2D eigenvalue weighted by molar-refractivity contribution is 0.156. The molecule has 5 heteroatoms. The number of allylic oxidation sites excluding steroid dienone is 1. The number of piperazine rings is 1.